The van der Waals surface area contributed by atoms with Crippen LogP contribution in [0.3, 0.4) is 0 Å². The molecule has 246 valence electrons. The van der Waals surface area contributed by atoms with Crippen LogP contribution in [-0.2, 0) is 22.4 Å². The van der Waals surface area contributed by atoms with E-state index in [1.807, 2.05) is 95.3 Å². The van der Waals surface area contributed by atoms with Crippen molar-refractivity contribution in [1.82, 2.24) is 34.8 Å². The van der Waals surface area contributed by atoms with Crippen LogP contribution in [0.2, 0.25) is 0 Å². The summed E-state index contributed by atoms with van der Waals surface area (Å²) in [7, 11) is 0. The minimum absolute atomic E-state index is 0.0174. The second kappa shape index (κ2) is 12.8. The Hall–Kier alpha value is -5.64. The second-order valence-corrected chi connectivity index (χ2v) is 13.2. The number of hydrogen-bond acceptors (Lipinski definition) is 6. The largest absolute Gasteiger partial charge is 0.338 e. The molecule has 0 bridgehead atoms. The molecule has 6 aromatic rings. The van der Waals surface area contributed by atoms with Gasteiger partial charge in [0.1, 0.15) is 12.5 Å². The number of para-hydroxylation sites is 3. The molecule has 49 heavy (non-hydrogen) atoms. The maximum atomic E-state index is 15.0. The van der Waals surface area contributed by atoms with E-state index in [0.29, 0.717) is 36.7 Å². The number of likely N-dealkylation sites (tertiary alicyclic amines) is 1. The van der Waals surface area contributed by atoms with E-state index in [1.54, 1.807) is 4.90 Å². The standard InChI is InChI=1S/C39H38N8O2/c1-25-20-26(2)40-28(21-25)22-29-14-10-11-19-45(29)36(48)24-46-34-17-8-9-18-35(34)47-37(27-12-4-3-5-13-27)43-44-38(47)31(39(46)49)23-33-30-15-6-7-16-32(30)41-42-33/h3-9,12-13,15-18,20-21,29,31H,10-11,14,19,22-24H2,1-2H3,(H,41,42)/t29?,31-/m0/s1. The lowest BCUT2D eigenvalue weighted by atomic mass is 9.96. The van der Waals surface area contributed by atoms with Crippen molar-refractivity contribution in [2.24, 2.45) is 0 Å². The van der Waals surface area contributed by atoms with Crippen molar-refractivity contribution in [1.29, 1.82) is 0 Å². The summed E-state index contributed by atoms with van der Waals surface area (Å²) < 4.78 is 1.99. The highest BCUT2D eigenvalue weighted by Gasteiger charge is 2.40. The van der Waals surface area contributed by atoms with Gasteiger partial charge in [0.15, 0.2) is 11.6 Å². The molecule has 2 aliphatic heterocycles. The molecule has 10 heteroatoms. The fourth-order valence-electron chi connectivity index (χ4n) is 7.59. The maximum Gasteiger partial charge on any atom is 0.242 e. The number of pyridine rings is 1. The molecule has 1 fully saturated rings. The lowest BCUT2D eigenvalue weighted by Gasteiger charge is -2.37. The number of hydrogen-bond donors (Lipinski definition) is 1. The lowest BCUT2D eigenvalue weighted by molar-refractivity contribution is -0.134. The van der Waals surface area contributed by atoms with E-state index in [-0.39, 0.29) is 24.4 Å². The number of amides is 2. The van der Waals surface area contributed by atoms with Crippen molar-refractivity contribution < 1.29 is 9.59 Å². The van der Waals surface area contributed by atoms with Gasteiger partial charge in [0.25, 0.3) is 0 Å². The number of carbonyl (C=O) groups is 2. The number of rotatable bonds is 7. The number of piperidine rings is 1. The molecule has 5 heterocycles. The van der Waals surface area contributed by atoms with Crippen molar-refractivity contribution >= 4 is 28.4 Å². The summed E-state index contributed by atoms with van der Waals surface area (Å²) in [5.41, 5.74) is 7.10. The van der Waals surface area contributed by atoms with Gasteiger partial charge in [-0.25, -0.2) is 0 Å². The third-order valence-corrected chi connectivity index (χ3v) is 9.79. The number of aromatic amines is 1. The molecule has 8 rings (SSSR count). The molecule has 1 unspecified atom stereocenters. The summed E-state index contributed by atoms with van der Waals surface area (Å²) in [6.45, 7) is 4.67. The highest BCUT2D eigenvalue weighted by atomic mass is 16.2. The summed E-state index contributed by atoms with van der Waals surface area (Å²) in [4.78, 5) is 37.8. The number of anilines is 1. The first-order chi connectivity index (χ1) is 23.9. The zero-order valence-corrected chi connectivity index (χ0v) is 27.7. The van der Waals surface area contributed by atoms with Crippen LogP contribution in [0.4, 0.5) is 5.69 Å². The average Bonchev–Trinajstić information content (AvgIpc) is 3.72. The number of benzene rings is 3. The molecular weight excluding hydrogens is 612 g/mol. The molecule has 3 aromatic heterocycles. The fraction of sp³-hybridized carbons (Fsp3) is 0.282. The van der Waals surface area contributed by atoms with E-state index >= 15 is 0 Å². The Morgan fingerprint density at radius 1 is 0.878 bits per heavy atom. The summed E-state index contributed by atoms with van der Waals surface area (Å²) >= 11 is 0. The normalized spacial score (nSPS) is 17.6. The Morgan fingerprint density at radius 2 is 1.65 bits per heavy atom. The van der Waals surface area contributed by atoms with E-state index in [1.165, 1.54) is 5.56 Å². The van der Waals surface area contributed by atoms with Gasteiger partial charge >= 0.3 is 0 Å². The maximum absolute atomic E-state index is 15.0. The highest BCUT2D eigenvalue weighted by molar-refractivity contribution is 6.05. The number of nitrogens with zero attached hydrogens (tertiary/aromatic N) is 7. The molecule has 0 aliphatic carbocycles. The van der Waals surface area contributed by atoms with Gasteiger partial charge in [-0.3, -0.25) is 24.2 Å². The van der Waals surface area contributed by atoms with E-state index < -0.39 is 5.92 Å². The monoisotopic (exact) mass is 650 g/mol. The number of nitrogens with one attached hydrogen (secondary N) is 1. The van der Waals surface area contributed by atoms with Crippen molar-refractivity contribution in [3.8, 4) is 17.1 Å². The van der Waals surface area contributed by atoms with Crippen LogP contribution in [0.25, 0.3) is 28.0 Å². The van der Waals surface area contributed by atoms with Crippen molar-refractivity contribution in [3.63, 3.8) is 0 Å². The summed E-state index contributed by atoms with van der Waals surface area (Å²) in [5, 5.41) is 18.0. The molecule has 2 atom stereocenters. The predicted molar refractivity (Wildman–Crippen MR) is 188 cm³/mol. The Labute approximate surface area is 284 Å². The first-order valence-electron chi connectivity index (χ1n) is 17.0. The number of aromatic nitrogens is 6. The summed E-state index contributed by atoms with van der Waals surface area (Å²) in [5.74, 6) is 0.173. The van der Waals surface area contributed by atoms with Gasteiger partial charge in [0, 0.05) is 53.5 Å². The van der Waals surface area contributed by atoms with Crippen LogP contribution in [0.1, 0.15) is 53.7 Å². The Morgan fingerprint density at radius 3 is 2.49 bits per heavy atom. The molecule has 0 spiro atoms. The van der Waals surface area contributed by atoms with Gasteiger partial charge in [-0.15, -0.1) is 10.2 Å². The van der Waals surface area contributed by atoms with E-state index in [2.05, 4.69) is 39.5 Å². The van der Waals surface area contributed by atoms with E-state index in [0.717, 1.165) is 58.5 Å². The van der Waals surface area contributed by atoms with Crippen LogP contribution in [-0.4, -0.2) is 65.8 Å². The zero-order valence-electron chi connectivity index (χ0n) is 27.7. The van der Waals surface area contributed by atoms with Gasteiger partial charge < -0.3 is 9.80 Å². The van der Waals surface area contributed by atoms with Gasteiger partial charge in [0.05, 0.1) is 16.9 Å². The minimum Gasteiger partial charge on any atom is -0.338 e. The quantitative estimate of drug-likeness (QED) is 0.223. The van der Waals surface area contributed by atoms with Gasteiger partial charge in [-0.05, 0) is 69.0 Å². The zero-order chi connectivity index (χ0) is 33.5. The molecule has 0 saturated carbocycles. The van der Waals surface area contributed by atoms with Crippen LogP contribution in [0.5, 0.6) is 0 Å². The number of H-pyrrole nitrogens is 1. The molecule has 0 radical (unpaired) electrons. The lowest BCUT2D eigenvalue weighted by Crippen LogP contribution is -2.50. The van der Waals surface area contributed by atoms with Crippen LogP contribution in [0, 0.1) is 13.8 Å². The predicted octanol–water partition coefficient (Wildman–Crippen LogP) is 6.12. The smallest absolute Gasteiger partial charge is 0.242 e. The molecule has 2 aliphatic rings. The Bertz CT molecular complexity index is 2150. The summed E-state index contributed by atoms with van der Waals surface area (Å²) in [6.07, 6.45) is 3.90. The molecule has 2 amide bonds. The summed E-state index contributed by atoms with van der Waals surface area (Å²) in [6, 6.07) is 29.7. The number of aryl methyl sites for hydroxylation is 2. The molecular formula is C39H38N8O2. The van der Waals surface area contributed by atoms with Crippen LogP contribution >= 0.6 is 0 Å². The van der Waals surface area contributed by atoms with Gasteiger partial charge in [-0.2, -0.15) is 5.10 Å². The molecule has 1 saturated heterocycles. The minimum atomic E-state index is -0.731. The number of fused-ring (bicyclic) bond motifs is 4. The van der Waals surface area contributed by atoms with Gasteiger partial charge in [0.2, 0.25) is 11.8 Å². The highest BCUT2D eigenvalue weighted by Crippen LogP contribution is 2.39. The van der Waals surface area contributed by atoms with Crippen molar-refractivity contribution in [3.05, 3.63) is 119 Å². The molecule has 1 N–H and O–H groups in total. The SMILES string of the molecule is Cc1cc(C)nc(CC2CCCCN2C(=O)CN2C(=O)[C@@H](Cc3[nH]nc4ccccc34)c3nnc(-c4ccccc4)n3-c3ccccc32)c1. The number of carbonyl (C=O) groups excluding carboxylic acids is 2. The van der Waals surface area contributed by atoms with Gasteiger partial charge in [-0.1, -0.05) is 60.7 Å². The average molecular weight is 651 g/mol. The van der Waals surface area contributed by atoms with E-state index in [4.69, 9.17) is 4.98 Å². The Kier molecular flexibility index (Phi) is 7.99. The Balaban J connectivity index is 1.20. The molecule has 10 nitrogen and oxygen atoms in total. The van der Waals surface area contributed by atoms with E-state index in [9.17, 15) is 9.59 Å². The van der Waals surface area contributed by atoms with Crippen LogP contribution < -0.4 is 4.90 Å². The topological polar surface area (TPSA) is 113 Å². The van der Waals surface area contributed by atoms with Crippen molar-refractivity contribution in [2.75, 3.05) is 18.0 Å². The second-order valence-electron chi connectivity index (χ2n) is 13.2. The fourth-order valence-corrected chi connectivity index (χ4v) is 7.59. The third kappa shape index (κ3) is 5.77. The first kappa shape index (κ1) is 30.7. The molecule has 3 aromatic carbocycles. The van der Waals surface area contributed by atoms with Crippen molar-refractivity contribution in [2.45, 2.75) is 57.9 Å². The third-order valence-electron chi connectivity index (χ3n) is 9.79. The van der Waals surface area contributed by atoms with Crippen LogP contribution in [0.15, 0.2) is 91.0 Å². The first-order valence-corrected chi connectivity index (χ1v) is 17.0.